The van der Waals surface area contributed by atoms with E-state index in [4.69, 9.17) is 4.74 Å². The minimum atomic E-state index is -0.318. The molecule has 0 saturated heterocycles. The number of hydrogen-bond donors (Lipinski definition) is 1. The van der Waals surface area contributed by atoms with Crippen molar-refractivity contribution in [2.45, 2.75) is 25.8 Å². The maximum absolute atomic E-state index is 12.4. The standard InChI is InChI=1S/C22H21N3O3/c1-28-19-9-6-16(7-10-19)20-11-12-22(27)25(24-20)14-21(26)23-18-8-5-15-3-2-4-17(15)13-18/h5-13H,2-4,14H2,1H3,(H,23,26). The van der Waals surface area contributed by atoms with E-state index >= 15 is 0 Å². The van der Waals surface area contributed by atoms with E-state index in [0.29, 0.717) is 5.69 Å². The average molecular weight is 375 g/mol. The van der Waals surface area contributed by atoms with E-state index < -0.39 is 0 Å². The lowest BCUT2D eigenvalue weighted by Crippen LogP contribution is -2.29. The van der Waals surface area contributed by atoms with E-state index in [0.717, 1.165) is 36.3 Å². The van der Waals surface area contributed by atoms with Crippen LogP contribution in [-0.2, 0) is 24.2 Å². The monoisotopic (exact) mass is 375 g/mol. The van der Waals surface area contributed by atoms with Gasteiger partial charge in [0, 0.05) is 17.3 Å². The first kappa shape index (κ1) is 18.0. The van der Waals surface area contributed by atoms with Crippen LogP contribution in [0.1, 0.15) is 17.5 Å². The average Bonchev–Trinajstić information content (AvgIpc) is 3.17. The van der Waals surface area contributed by atoms with Crippen LogP contribution < -0.4 is 15.6 Å². The van der Waals surface area contributed by atoms with E-state index in [1.54, 1.807) is 13.2 Å². The molecule has 0 radical (unpaired) electrons. The molecule has 28 heavy (non-hydrogen) atoms. The third kappa shape index (κ3) is 3.81. The van der Waals surface area contributed by atoms with E-state index in [2.05, 4.69) is 16.5 Å². The summed E-state index contributed by atoms with van der Waals surface area (Å²) in [4.78, 5) is 24.6. The van der Waals surface area contributed by atoms with Gasteiger partial charge in [-0.1, -0.05) is 6.07 Å². The summed E-state index contributed by atoms with van der Waals surface area (Å²) >= 11 is 0. The lowest BCUT2D eigenvalue weighted by molar-refractivity contribution is -0.117. The van der Waals surface area contributed by atoms with Gasteiger partial charge in [0.05, 0.1) is 12.8 Å². The molecule has 1 aliphatic rings. The first-order valence-corrected chi connectivity index (χ1v) is 9.26. The minimum Gasteiger partial charge on any atom is -0.497 e. The molecule has 0 aliphatic heterocycles. The van der Waals surface area contributed by atoms with Gasteiger partial charge in [-0.05, 0) is 72.9 Å². The van der Waals surface area contributed by atoms with Crippen LogP contribution in [0.2, 0.25) is 0 Å². The second-order valence-electron chi connectivity index (χ2n) is 6.83. The molecule has 6 heteroatoms. The molecule has 0 atom stereocenters. The van der Waals surface area contributed by atoms with Gasteiger partial charge in [-0.15, -0.1) is 0 Å². The highest BCUT2D eigenvalue weighted by Crippen LogP contribution is 2.25. The van der Waals surface area contributed by atoms with E-state index in [9.17, 15) is 9.59 Å². The minimum absolute atomic E-state index is 0.139. The smallest absolute Gasteiger partial charge is 0.267 e. The lowest BCUT2D eigenvalue weighted by Gasteiger charge is -2.10. The molecule has 4 rings (SSSR count). The summed E-state index contributed by atoms with van der Waals surface area (Å²) in [5.41, 5.74) is 4.53. The number of nitrogens with one attached hydrogen (secondary N) is 1. The first-order valence-electron chi connectivity index (χ1n) is 9.26. The fourth-order valence-corrected chi connectivity index (χ4v) is 3.46. The maximum Gasteiger partial charge on any atom is 0.267 e. The number of ether oxygens (including phenoxy) is 1. The molecule has 3 aromatic rings. The number of benzene rings is 2. The van der Waals surface area contributed by atoms with Crippen molar-refractivity contribution < 1.29 is 9.53 Å². The summed E-state index contributed by atoms with van der Waals surface area (Å²) in [5, 5.41) is 7.21. The number of rotatable bonds is 5. The van der Waals surface area contributed by atoms with Crippen molar-refractivity contribution in [2.24, 2.45) is 0 Å². The van der Waals surface area contributed by atoms with Crippen LogP contribution in [0.5, 0.6) is 5.75 Å². The van der Waals surface area contributed by atoms with Crippen molar-refractivity contribution >= 4 is 11.6 Å². The lowest BCUT2D eigenvalue weighted by atomic mass is 10.1. The van der Waals surface area contributed by atoms with Crippen molar-refractivity contribution in [3.8, 4) is 17.0 Å². The Hall–Kier alpha value is -3.41. The Morgan fingerprint density at radius 2 is 1.86 bits per heavy atom. The van der Waals surface area contributed by atoms with Crippen molar-refractivity contribution in [3.05, 3.63) is 76.1 Å². The van der Waals surface area contributed by atoms with E-state index in [-0.39, 0.29) is 18.0 Å². The summed E-state index contributed by atoms with van der Waals surface area (Å²) in [6.45, 7) is -0.139. The van der Waals surface area contributed by atoms with Gasteiger partial charge in [0.15, 0.2) is 0 Å². The summed E-state index contributed by atoms with van der Waals surface area (Å²) in [6.07, 6.45) is 3.30. The molecule has 0 fully saturated rings. The van der Waals surface area contributed by atoms with Gasteiger partial charge in [0.1, 0.15) is 12.3 Å². The van der Waals surface area contributed by atoms with Crippen LogP contribution in [-0.4, -0.2) is 22.8 Å². The number of anilines is 1. The molecule has 2 aromatic carbocycles. The molecule has 0 saturated carbocycles. The summed E-state index contributed by atoms with van der Waals surface area (Å²) < 4.78 is 6.34. The predicted molar refractivity (Wildman–Crippen MR) is 108 cm³/mol. The first-order chi connectivity index (χ1) is 13.6. The van der Waals surface area contributed by atoms with Gasteiger partial charge < -0.3 is 10.1 Å². The Kier molecular flexibility index (Phi) is 4.93. The van der Waals surface area contributed by atoms with Crippen LogP contribution in [0.15, 0.2) is 59.4 Å². The van der Waals surface area contributed by atoms with Crippen LogP contribution >= 0.6 is 0 Å². The second kappa shape index (κ2) is 7.68. The number of amides is 1. The summed E-state index contributed by atoms with van der Waals surface area (Å²) in [7, 11) is 1.60. The van der Waals surface area contributed by atoms with Crippen molar-refractivity contribution in [2.75, 3.05) is 12.4 Å². The molecule has 1 heterocycles. The molecule has 1 aromatic heterocycles. The fourth-order valence-electron chi connectivity index (χ4n) is 3.46. The third-order valence-corrected chi connectivity index (χ3v) is 4.93. The molecule has 1 amide bonds. The number of hydrogen-bond acceptors (Lipinski definition) is 4. The second-order valence-corrected chi connectivity index (χ2v) is 6.83. The number of fused-ring (bicyclic) bond motifs is 1. The molecule has 142 valence electrons. The molecule has 0 spiro atoms. The van der Waals surface area contributed by atoms with Gasteiger partial charge in [-0.3, -0.25) is 9.59 Å². The molecular formula is C22H21N3O3. The van der Waals surface area contributed by atoms with Gasteiger partial charge in [0.25, 0.3) is 5.56 Å². The molecular weight excluding hydrogens is 354 g/mol. The highest BCUT2D eigenvalue weighted by atomic mass is 16.5. The van der Waals surface area contributed by atoms with Gasteiger partial charge in [0.2, 0.25) is 5.91 Å². The number of aryl methyl sites for hydroxylation is 2. The third-order valence-electron chi connectivity index (χ3n) is 4.93. The number of aromatic nitrogens is 2. The van der Waals surface area contributed by atoms with Crippen molar-refractivity contribution in [3.63, 3.8) is 0 Å². The fraction of sp³-hybridized carbons (Fsp3) is 0.227. The van der Waals surface area contributed by atoms with Crippen LogP contribution in [0.4, 0.5) is 5.69 Å². The van der Waals surface area contributed by atoms with Gasteiger partial charge in [-0.2, -0.15) is 5.10 Å². The Morgan fingerprint density at radius 3 is 2.64 bits per heavy atom. The number of carbonyl (C=O) groups is 1. The molecule has 1 aliphatic carbocycles. The topological polar surface area (TPSA) is 73.2 Å². The molecule has 0 unspecified atom stereocenters. The van der Waals surface area contributed by atoms with Gasteiger partial charge >= 0.3 is 0 Å². The molecule has 1 N–H and O–H groups in total. The quantitative estimate of drug-likeness (QED) is 0.744. The SMILES string of the molecule is COc1ccc(-c2ccc(=O)n(CC(=O)Nc3ccc4c(c3)CCC4)n2)cc1. The Balaban J connectivity index is 1.50. The molecule has 6 nitrogen and oxygen atoms in total. The van der Waals surface area contributed by atoms with Crippen molar-refractivity contribution in [1.82, 2.24) is 9.78 Å². The van der Waals surface area contributed by atoms with Gasteiger partial charge in [-0.25, -0.2) is 4.68 Å². The Morgan fingerprint density at radius 1 is 1.07 bits per heavy atom. The summed E-state index contributed by atoms with van der Waals surface area (Å²) in [6, 6.07) is 16.4. The van der Waals surface area contributed by atoms with Crippen molar-refractivity contribution in [1.29, 1.82) is 0 Å². The zero-order chi connectivity index (χ0) is 19.5. The maximum atomic E-state index is 12.4. The number of methoxy groups -OCH3 is 1. The zero-order valence-corrected chi connectivity index (χ0v) is 15.6. The summed E-state index contributed by atoms with van der Waals surface area (Å²) in [5.74, 6) is 0.463. The Labute approximate surface area is 162 Å². The normalized spacial score (nSPS) is 12.5. The van der Waals surface area contributed by atoms with Crippen LogP contribution in [0.25, 0.3) is 11.3 Å². The zero-order valence-electron chi connectivity index (χ0n) is 15.6. The van der Waals surface area contributed by atoms with E-state index in [1.807, 2.05) is 36.4 Å². The number of carbonyl (C=O) groups excluding carboxylic acids is 1. The van der Waals surface area contributed by atoms with E-state index in [1.165, 1.54) is 21.9 Å². The number of nitrogens with zero attached hydrogens (tertiary/aromatic N) is 2. The van der Waals surface area contributed by atoms with Crippen LogP contribution in [0, 0.1) is 0 Å². The van der Waals surface area contributed by atoms with Crippen LogP contribution in [0.3, 0.4) is 0 Å². The Bertz CT molecular complexity index is 1070. The highest BCUT2D eigenvalue weighted by Gasteiger charge is 2.13. The largest absolute Gasteiger partial charge is 0.497 e. The highest BCUT2D eigenvalue weighted by molar-refractivity contribution is 5.90. The molecule has 0 bridgehead atoms. The predicted octanol–water partition coefficient (Wildman–Crippen LogP) is 3.05.